The zero-order chi connectivity index (χ0) is 15.0. The lowest BCUT2D eigenvalue weighted by Gasteiger charge is -2.28. The lowest BCUT2D eigenvalue weighted by molar-refractivity contribution is -0.148. The number of likely N-dealkylation sites (N-methyl/N-ethyl adjacent to an activating group) is 1. The highest BCUT2D eigenvalue weighted by atomic mass is 16.5. The Morgan fingerprint density at radius 3 is 2.60 bits per heavy atom. The van der Waals surface area contributed by atoms with Crippen molar-refractivity contribution in [2.75, 3.05) is 33.3 Å². The quantitative estimate of drug-likeness (QED) is 0.710. The fourth-order valence-corrected chi connectivity index (χ4v) is 2.03. The number of carbonyl (C=O) groups excluding carboxylic acids is 1. The molecule has 0 spiro atoms. The van der Waals surface area contributed by atoms with Crippen molar-refractivity contribution in [3.8, 4) is 0 Å². The maximum Gasteiger partial charge on any atom is 0.332 e. The summed E-state index contributed by atoms with van der Waals surface area (Å²) in [4.78, 5) is 22.6. The molecule has 1 aromatic heterocycles. The van der Waals surface area contributed by atoms with Gasteiger partial charge in [0.1, 0.15) is 0 Å². The molecule has 112 valence electrons. The van der Waals surface area contributed by atoms with E-state index >= 15 is 0 Å². The second-order valence-electron chi connectivity index (χ2n) is 4.66. The molecule has 0 fully saturated rings. The van der Waals surface area contributed by atoms with E-state index in [1.807, 2.05) is 0 Å². The zero-order valence-electron chi connectivity index (χ0n) is 12.7. The van der Waals surface area contributed by atoms with E-state index in [0.717, 1.165) is 19.6 Å². The molecule has 0 aliphatic rings. The van der Waals surface area contributed by atoms with Crippen LogP contribution in [0, 0.1) is 0 Å². The number of aromatic nitrogens is 2. The molecule has 0 aromatic carbocycles. The molecule has 1 rings (SSSR count). The molecule has 0 saturated carbocycles. The van der Waals surface area contributed by atoms with Crippen LogP contribution in [0.15, 0.2) is 18.6 Å². The van der Waals surface area contributed by atoms with Crippen molar-refractivity contribution in [2.45, 2.75) is 26.3 Å². The Morgan fingerprint density at radius 1 is 1.40 bits per heavy atom. The Kier molecular flexibility index (Phi) is 6.54. The molecule has 0 radical (unpaired) electrons. The molecule has 0 amide bonds. The monoisotopic (exact) mass is 280 g/mol. The Morgan fingerprint density at radius 2 is 2.10 bits per heavy atom. The zero-order valence-corrected chi connectivity index (χ0v) is 12.7. The van der Waals surface area contributed by atoms with Gasteiger partial charge in [-0.1, -0.05) is 13.8 Å². The highest BCUT2D eigenvalue weighted by molar-refractivity contribution is 5.81. The van der Waals surface area contributed by atoms with E-state index in [2.05, 4.69) is 34.0 Å². The Bertz CT molecular complexity index is 409. The minimum Gasteiger partial charge on any atom is -0.467 e. The van der Waals surface area contributed by atoms with Crippen LogP contribution in [0.3, 0.4) is 0 Å². The molecule has 1 unspecified atom stereocenters. The van der Waals surface area contributed by atoms with E-state index in [0.29, 0.717) is 12.2 Å². The van der Waals surface area contributed by atoms with Gasteiger partial charge in [-0.3, -0.25) is 15.3 Å². The number of carbonyl (C=O) groups is 1. The largest absolute Gasteiger partial charge is 0.467 e. The van der Waals surface area contributed by atoms with Gasteiger partial charge in [0.25, 0.3) is 0 Å². The van der Waals surface area contributed by atoms with Crippen LogP contribution in [-0.4, -0.2) is 54.1 Å². The summed E-state index contributed by atoms with van der Waals surface area (Å²) in [6.45, 7) is 9.50. The molecular formula is C14H24N4O2. The van der Waals surface area contributed by atoms with Crippen LogP contribution in [-0.2, 0) is 15.1 Å². The van der Waals surface area contributed by atoms with Crippen molar-refractivity contribution in [3.63, 3.8) is 0 Å². The van der Waals surface area contributed by atoms with Crippen molar-refractivity contribution in [3.05, 3.63) is 24.3 Å². The van der Waals surface area contributed by atoms with E-state index in [4.69, 9.17) is 4.74 Å². The van der Waals surface area contributed by atoms with E-state index in [-0.39, 0.29) is 5.97 Å². The molecule has 0 aliphatic heterocycles. The summed E-state index contributed by atoms with van der Waals surface area (Å²) in [6, 6.07) is 0. The first kappa shape index (κ1) is 16.5. The lowest BCUT2D eigenvalue weighted by atomic mass is 9.98. The van der Waals surface area contributed by atoms with E-state index in [1.54, 1.807) is 25.5 Å². The van der Waals surface area contributed by atoms with Gasteiger partial charge in [0, 0.05) is 25.5 Å². The van der Waals surface area contributed by atoms with Crippen molar-refractivity contribution in [1.29, 1.82) is 0 Å². The maximum atomic E-state index is 12.1. The van der Waals surface area contributed by atoms with Crippen molar-refractivity contribution >= 4 is 5.97 Å². The van der Waals surface area contributed by atoms with Crippen LogP contribution in [0.2, 0.25) is 0 Å². The molecular weight excluding hydrogens is 256 g/mol. The molecule has 0 saturated heterocycles. The summed E-state index contributed by atoms with van der Waals surface area (Å²) in [5.41, 5.74) is -0.415. The highest BCUT2D eigenvalue weighted by Gasteiger charge is 2.37. The smallest absolute Gasteiger partial charge is 0.332 e. The SMILES string of the molecule is CCN(CC)CCNC(C)(C(=O)OC)c1cnccn1. The first-order valence-corrected chi connectivity index (χ1v) is 6.90. The predicted molar refractivity (Wildman–Crippen MR) is 77.2 cm³/mol. The molecule has 6 heteroatoms. The lowest BCUT2D eigenvalue weighted by Crippen LogP contribution is -2.50. The van der Waals surface area contributed by atoms with Crippen molar-refractivity contribution in [1.82, 2.24) is 20.2 Å². The number of methoxy groups -OCH3 is 1. The summed E-state index contributed by atoms with van der Waals surface area (Å²) in [5, 5.41) is 3.24. The van der Waals surface area contributed by atoms with Crippen molar-refractivity contribution < 1.29 is 9.53 Å². The number of nitrogens with one attached hydrogen (secondary N) is 1. The molecule has 0 aliphatic carbocycles. The van der Waals surface area contributed by atoms with Crippen LogP contribution < -0.4 is 5.32 Å². The third-order valence-corrected chi connectivity index (χ3v) is 3.47. The average molecular weight is 280 g/mol. The number of nitrogens with zero attached hydrogens (tertiary/aromatic N) is 3. The Hall–Kier alpha value is -1.53. The summed E-state index contributed by atoms with van der Waals surface area (Å²) in [5.74, 6) is -0.363. The maximum absolute atomic E-state index is 12.1. The van der Waals surface area contributed by atoms with Gasteiger partial charge in [-0.15, -0.1) is 0 Å². The van der Waals surface area contributed by atoms with E-state index < -0.39 is 5.54 Å². The normalized spacial score (nSPS) is 14.1. The van der Waals surface area contributed by atoms with Gasteiger partial charge in [0.2, 0.25) is 0 Å². The third-order valence-electron chi connectivity index (χ3n) is 3.47. The summed E-state index contributed by atoms with van der Waals surface area (Å²) in [6.07, 6.45) is 4.74. The average Bonchev–Trinajstić information content (AvgIpc) is 2.51. The Balaban J connectivity index is 2.78. The standard InChI is InChI=1S/C14H24N4O2/c1-5-18(6-2)10-9-17-14(3,13(19)20-4)12-11-15-7-8-16-12/h7-8,11,17H,5-6,9-10H2,1-4H3. The second-order valence-corrected chi connectivity index (χ2v) is 4.66. The predicted octanol–water partition coefficient (Wildman–Crippen LogP) is 0.796. The highest BCUT2D eigenvalue weighted by Crippen LogP contribution is 2.19. The number of hydrogen-bond acceptors (Lipinski definition) is 6. The van der Waals surface area contributed by atoms with Gasteiger partial charge in [0.05, 0.1) is 19.0 Å². The first-order chi connectivity index (χ1) is 9.58. The number of hydrogen-bond donors (Lipinski definition) is 1. The molecule has 1 heterocycles. The fourth-order valence-electron chi connectivity index (χ4n) is 2.03. The molecule has 1 atom stereocenters. The molecule has 6 nitrogen and oxygen atoms in total. The minimum absolute atomic E-state index is 0.363. The van der Waals surface area contributed by atoms with E-state index in [1.165, 1.54) is 7.11 Å². The van der Waals surface area contributed by atoms with Crippen LogP contribution in [0.5, 0.6) is 0 Å². The molecule has 1 aromatic rings. The van der Waals surface area contributed by atoms with Crippen LogP contribution in [0.25, 0.3) is 0 Å². The first-order valence-electron chi connectivity index (χ1n) is 6.90. The second kappa shape index (κ2) is 7.91. The van der Waals surface area contributed by atoms with Gasteiger partial charge < -0.3 is 9.64 Å². The number of ether oxygens (including phenoxy) is 1. The van der Waals surface area contributed by atoms with Crippen LogP contribution in [0.1, 0.15) is 26.5 Å². The molecule has 1 N–H and O–H groups in total. The molecule has 20 heavy (non-hydrogen) atoms. The summed E-state index contributed by atoms with van der Waals surface area (Å²) >= 11 is 0. The van der Waals surface area contributed by atoms with Gasteiger partial charge >= 0.3 is 5.97 Å². The van der Waals surface area contributed by atoms with Gasteiger partial charge in [-0.2, -0.15) is 0 Å². The van der Waals surface area contributed by atoms with Gasteiger partial charge in [-0.05, 0) is 20.0 Å². The molecule has 0 bridgehead atoms. The fraction of sp³-hybridized carbons (Fsp3) is 0.643. The summed E-state index contributed by atoms with van der Waals surface area (Å²) < 4.78 is 4.90. The summed E-state index contributed by atoms with van der Waals surface area (Å²) in [7, 11) is 1.38. The minimum atomic E-state index is -0.976. The Labute approximate surface area is 120 Å². The van der Waals surface area contributed by atoms with Crippen LogP contribution in [0.4, 0.5) is 0 Å². The number of esters is 1. The third kappa shape index (κ3) is 3.98. The number of rotatable bonds is 8. The van der Waals surface area contributed by atoms with Crippen LogP contribution >= 0.6 is 0 Å². The van der Waals surface area contributed by atoms with Gasteiger partial charge in [-0.25, -0.2) is 4.79 Å². The van der Waals surface area contributed by atoms with Crippen molar-refractivity contribution in [2.24, 2.45) is 0 Å². The van der Waals surface area contributed by atoms with E-state index in [9.17, 15) is 4.79 Å². The topological polar surface area (TPSA) is 67.4 Å². The van der Waals surface area contributed by atoms with Gasteiger partial charge in [0.15, 0.2) is 5.54 Å².